The number of rotatable bonds is 8. The fourth-order valence-corrected chi connectivity index (χ4v) is 2.55. The molecule has 0 aromatic heterocycles. The quantitative estimate of drug-likeness (QED) is 0.406. The summed E-state index contributed by atoms with van der Waals surface area (Å²) in [5.74, 6) is 3.10. The van der Waals surface area contributed by atoms with E-state index < -0.39 is 0 Å². The van der Waals surface area contributed by atoms with Crippen LogP contribution in [0, 0.1) is 12.3 Å². The van der Waals surface area contributed by atoms with E-state index in [9.17, 15) is 4.79 Å². The van der Waals surface area contributed by atoms with Crippen molar-refractivity contribution in [3.63, 3.8) is 0 Å². The van der Waals surface area contributed by atoms with Crippen molar-refractivity contribution in [2.75, 3.05) is 25.6 Å². The van der Waals surface area contributed by atoms with Crippen LogP contribution in [0.25, 0.3) is 0 Å². The number of para-hydroxylation sites is 1. The number of hydrogen-bond acceptors (Lipinski definition) is 5. The van der Waals surface area contributed by atoms with Crippen LogP contribution < -0.4 is 14.8 Å². The van der Waals surface area contributed by atoms with Gasteiger partial charge in [0.15, 0.2) is 18.1 Å². The molecule has 7 heteroatoms. The first-order chi connectivity index (χ1) is 12.6. The zero-order chi connectivity index (χ0) is 18.8. The Bertz CT molecular complexity index is 816. The summed E-state index contributed by atoms with van der Waals surface area (Å²) < 4.78 is 11.4. The molecule has 0 radical (unpaired) electrons. The van der Waals surface area contributed by atoms with Gasteiger partial charge in [0, 0.05) is 11.3 Å². The van der Waals surface area contributed by atoms with Crippen LogP contribution in [-0.2, 0) is 9.63 Å². The molecule has 0 saturated carbocycles. The molecular formula is C19H17BrN2O4. The lowest BCUT2D eigenvalue weighted by Crippen LogP contribution is -2.16. The molecule has 1 N–H and O–H groups in total. The van der Waals surface area contributed by atoms with E-state index in [0.29, 0.717) is 27.2 Å². The zero-order valence-electron chi connectivity index (χ0n) is 14.1. The van der Waals surface area contributed by atoms with Crippen LogP contribution in [-0.4, -0.2) is 32.4 Å². The Kier molecular flexibility index (Phi) is 7.52. The molecule has 2 aromatic rings. The number of hydrogen-bond donors (Lipinski definition) is 1. The Morgan fingerprint density at radius 3 is 2.81 bits per heavy atom. The minimum Gasteiger partial charge on any atom is -0.493 e. The van der Waals surface area contributed by atoms with Gasteiger partial charge in [-0.05, 0) is 40.2 Å². The number of terminal acetylenes is 1. The highest BCUT2D eigenvalue weighted by Gasteiger charge is 2.11. The third kappa shape index (κ3) is 5.83. The number of ether oxygens (including phenoxy) is 2. The van der Waals surface area contributed by atoms with E-state index in [1.807, 2.05) is 18.2 Å². The summed E-state index contributed by atoms with van der Waals surface area (Å²) in [5, 5.41) is 6.49. The van der Waals surface area contributed by atoms with Gasteiger partial charge in [-0.15, -0.1) is 6.42 Å². The largest absolute Gasteiger partial charge is 0.493 e. The third-order valence-electron chi connectivity index (χ3n) is 3.08. The molecule has 0 aliphatic heterocycles. The second kappa shape index (κ2) is 10.1. The summed E-state index contributed by atoms with van der Waals surface area (Å²) in [6, 6.07) is 12.6. The van der Waals surface area contributed by atoms with Gasteiger partial charge in [0.1, 0.15) is 6.61 Å². The van der Waals surface area contributed by atoms with E-state index >= 15 is 0 Å². The molecular weight excluding hydrogens is 400 g/mol. The van der Waals surface area contributed by atoms with Crippen molar-refractivity contribution in [3.8, 4) is 23.8 Å². The SMILES string of the molecule is C#CCOc1c(Br)cc(C=NOCC(=O)Nc2ccccc2)cc1OC. The van der Waals surface area contributed by atoms with E-state index in [0.717, 1.165) is 0 Å². The van der Waals surface area contributed by atoms with Gasteiger partial charge < -0.3 is 19.6 Å². The molecule has 1 amide bonds. The van der Waals surface area contributed by atoms with Crippen LogP contribution >= 0.6 is 15.9 Å². The standard InChI is InChI=1S/C19H17BrN2O4/c1-3-9-25-19-16(20)10-14(11-17(19)24-2)12-21-26-13-18(23)22-15-7-5-4-6-8-15/h1,4-8,10-12H,9,13H2,2H3,(H,22,23). The molecule has 2 aromatic carbocycles. The molecule has 0 saturated heterocycles. The first-order valence-electron chi connectivity index (χ1n) is 7.58. The van der Waals surface area contributed by atoms with Crippen molar-refractivity contribution in [2.24, 2.45) is 5.16 Å². The van der Waals surface area contributed by atoms with Crippen LogP contribution in [0.5, 0.6) is 11.5 Å². The molecule has 0 bridgehead atoms. The van der Waals surface area contributed by atoms with Gasteiger partial charge in [-0.2, -0.15) is 0 Å². The lowest BCUT2D eigenvalue weighted by Gasteiger charge is -2.11. The van der Waals surface area contributed by atoms with Crippen molar-refractivity contribution in [2.45, 2.75) is 0 Å². The second-order valence-corrected chi connectivity index (χ2v) is 5.80. The average molecular weight is 417 g/mol. The number of nitrogens with one attached hydrogen (secondary N) is 1. The molecule has 0 atom stereocenters. The molecule has 0 fully saturated rings. The summed E-state index contributed by atoms with van der Waals surface area (Å²) in [6.45, 7) is -0.0743. The highest BCUT2D eigenvalue weighted by molar-refractivity contribution is 9.10. The molecule has 0 aliphatic carbocycles. The fraction of sp³-hybridized carbons (Fsp3) is 0.158. The first-order valence-corrected chi connectivity index (χ1v) is 8.37. The van der Waals surface area contributed by atoms with Crippen molar-refractivity contribution in [1.82, 2.24) is 0 Å². The lowest BCUT2D eigenvalue weighted by molar-refractivity contribution is -0.120. The van der Waals surface area contributed by atoms with Gasteiger partial charge in [-0.1, -0.05) is 29.3 Å². The predicted octanol–water partition coefficient (Wildman–Crippen LogP) is 3.46. The van der Waals surface area contributed by atoms with Crippen molar-refractivity contribution in [3.05, 3.63) is 52.5 Å². The van der Waals surface area contributed by atoms with Crippen molar-refractivity contribution in [1.29, 1.82) is 0 Å². The summed E-state index contributed by atoms with van der Waals surface area (Å²) in [5.41, 5.74) is 1.39. The number of benzene rings is 2. The minimum atomic E-state index is -0.301. The predicted molar refractivity (Wildman–Crippen MR) is 104 cm³/mol. The number of nitrogens with zero attached hydrogens (tertiary/aromatic N) is 1. The Hall–Kier alpha value is -2.98. The van der Waals surface area contributed by atoms with E-state index in [1.165, 1.54) is 13.3 Å². The fourth-order valence-electron chi connectivity index (χ4n) is 1.98. The van der Waals surface area contributed by atoms with E-state index in [4.69, 9.17) is 20.7 Å². The molecule has 0 heterocycles. The van der Waals surface area contributed by atoms with Crippen LogP contribution in [0.1, 0.15) is 5.56 Å². The molecule has 26 heavy (non-hydrogen) atoms. The number of oxime groups is 1. The topological polar surface area (TPSA) is 69.2 Å². The number of carbonyl (C=O) groups is 1. The number of methoxy groups -OCH3 is 1. The number of halogens is 1. The Morgan fingerprint density at radius 1 is 1.35 bits per heavy atom. The smallest absolute Gasteiger partial charge is 0.265 e. The van der Waals surface area contributed by atoms with Gasteiger partial charge in [-0.3, -0.25) is 4.79 Å². The maximum atomic E-state index is 11.8. The van der Waals surface area contributed by atoms with E-state index in [2.05, 4.69) is 32.3 Å². The van der Waals surface area contributed by atoms with Gasteiger partial charge >= 0.3 is 0 Å². The van der Waals surface area contributed by atoms with Crippen molar-refractivity contribution >= 4 is 33.7 Å². The van der Waals surface area contributed by atoms with E-state index in [1.54, 1.807) is 24.3 Å². The highest BCUT2D eigenvalue weighted by Crippen LogP contribution is 2.36. The summed E-state index contributed by atoms with van der Waals surface area (Å²) in [4.78, 5) is 16.8. The minimum absolute atomic E-state index is 0.127. The lowest BCUT2D eigenvalue weighted by atomic mass is 10.2. The number of amides is 1. The van der Waals surface area contributed by atoms with Crippen LogP contribution in [0.4, 0.5) is 5.69 Å². The Morgan fingerprint density at radius 2 is 2.12 bits per heavy atom. The van der Waals surface area contributed by atoms with Gasteiger partial charge in [0.2, 0.25) is 0 Å². The second-order valence-electron chi connectivity index (χ2n) is 4.95. The zero-order valence-corrected chi connectivity index (χ0v) is 15.7. The van der Waals surface area contributed by atoms with Crippen LogP contribution in [0.15, 0.2) is 52.1 Å². The summed E-state index contributed by atoms with van der Waals surface area (Å²) in [6.07, 6.45) is 6.67. The Labute approximate surface area is 160 Å². The third-order valence-corrected chi connectivity index (χ3v) is 3.67. The first kappa shape index (κ1) is 19.3. The Balaban J connectivity index is 1.92. The maximum absolute atomic E-state index is 11.8. The number of carbonyl (C=O) groups excluding carboxylic acids is 1. The molecule has 0 unspecified atom stereocenters. The van der Waals surface area contributed by atoms with Crippen LogP contribution in [0.3, 0.4) is 0 Å². The average Bonchev–Trinajstić information content (AvgIpc) is 2.65. The summed E-state index contributed by atoms with van der Waals surface area (Å²) in [7, 11) is 1.52. The monoisotopic (exact) mass is 416 g/mol. The van der Waals surface area contributed by atoms with Gasteiger partial charge in [-0.25, -0.2) is 0 Å². The van der Waals surface area contributed by atoms with Crippen LogP contribution in [0.2, 0.25) is 0 Å². The highest BCUT2D eigenvalue weighted by atomic mass is 79.9. The van der Waals surface area contributed by atoms with Crippen molar-refractivity contribution < 1.29 is 19.1 Å². The molecule has 2 rings (SSSR count). The molecule has 134 valence electrons. The van der Waals surface area contributed by atoms with E-state index in [-0.39, 0.29) is 19.1 Å². The maximum Gasteiger partial charge on any atom is 0.265 e. The molecule has 6 nitrogen and oxygen atoms in total. The van der Waals surface area contributed by atoms with Gasteiger partial charge in [0.05, 0.1) is 17.8 Å². The summed E-state index contributed by atoms with van der Waals surface area (Å²) >= 11 is 3.40. The normalized spacial score (nSPS) is 10.2. The molecule has 0 spiro atoms. The van der Waals surface area contributed by atoms with Gasteiger partial charge in [0.25, 0.3) is 5.91 Å². The molecule has 0 aliphatic rings. The number of anilines is 1.